The van der Waals surface area contributed by atoms with Gasteiger partial charge in [0.25, 0.3) is 5.91 Å². The third-order valence-corrected chi connectivity index (χ3v) is 4.05. The summed E-state index contributed by atoms with van der Waals surface area (Å²) >= 11 is 0. The lowest BCUT2D eigenvalue weighted by Crippen LogP contribution is -2.32. The fraction of sp³-hybridized carbons (Fsp3) is 0.333. The Morgan fingerprint density at radius 2 is 1.83 bits per heavy atom. The van der Waals surface area contributed by atoms with Gasteiger partial charge in [-0.1, -0.05) is 6.07 Å². The van der Waals surface area contributed by atoms with E-state index in [1.165, 1.54) is 6.20 Å². The maximum Gasteiger partial charge on any atom is 0.407 e. The Morgan fingerprint density at radius 1 is 1.07 bits per heavy atom. The summed E-state index contributed by atoms with van der Waals surface area (Å²) in [6, 6.07) is 5.63. The summed E-state index contributed by atoms with van der Waals surface area (Å²) < 4.78 is 6.86. The van der Waals surface area contributed by atoms with Gasteiger partial charge in [-0.2, -0.15) is 5.10 Å². The summed E-state index contributed by atoms with van der Waals surface area (Å²) in [7, 11) is 0. The van der Waals surface area contributed by atoms with Crippen LogP contribution in [-0.2, 0) is 17.8 Å². The van der Waals surface area contributed by atoms with E-state index in [0.717, 1.165) is 16.7 Å². The highest BCUT2D eigenvalue weighted by Crippen LogP contribution is 2.14. The molecule has 0 bridgehead atoms. The molecule has 2 N–H and O–H groups in total. The van der Waals surface area contributed by atoms with Crippen molar-refractivity contribution in [3.05, 3.63) is 65.2 Å². The van der Waals surface area contributed by atoms with Crippen molar-refractivity contribution in [1.82, 2.24) is 25.2 Å². The molecule has 0 atom stereocenters. The molecular weight excluding hydrogens is 370 g/mol. The molecule has 3 aromatic rings. The van der Waals surface area contributed by atoms with Crippen molar-refractivity contribution in [2.75, 3.05) is 0 Å². The van der Waals surface area contributed by atoms with Crippen LogP contribution in [0.25, 0.3) is 5.52 Å². The van der Waals surface area contributed by atoms with Crippen LogP contribution in [0.1, 0.15) is 47.8 Å². The molecule has 0 spiro atoms. The minimum Gasteiger partial charge on any atom is -0.444 e. The van der Waals surface area contributed by atoms with Crippen molar-refractivity contribution in [2.24, 2.45) is 0 Å². The number of alkyl carbamates (subject to hydrolysis) is 1. The lowest BCUT2D eigenvalue weighted by molar-refractivity contribution is 0.0523. The van der Waals surface area contributed by atoms with Gasteiger partial charge in [0.2, 0.25) is 0 Å². The molecule has 3 rings (SSSR count). The molecule has 0 aliphatic heterocycles. The number of fused-ring (bicyclic) bond motifs is 1. The predicted octanol–water partition coefficient (Wildman–Crippen LogP) is 2.99. The van der Waals surface area contributed by atoms with Crippen molar-refractivity contribution in [3.63, 3.8) is 0 Å². The first-order valence-electron chi connectivity index (χ1n) is 9.33. The van der Waals surface area contributed by atoms with Crippen molar-refractivity contribution in [3.8, 4) is 0 Å². The zero-order valence-electron chi connectivity index (χ0n) is 17.0. The van der Waals surface area contributed by atoms with Gasteiger partial charge in [-0.25, -0.2) is 9.31 Å². The van der Waals surface area contributed by atoms with E-state index in [-0.39, 0.29) is 12.5 Å². The number of carbonyl (C=O) groups excluding carboxylic acids is 2. The highest BCUT2D eigenvalue weighted by molar-refractivity contribution is 6.00. The highest BCUT2D eigenvalue weighted by Gasteiger charge is 2.16. The van der Waals surface area contributed by atoms with Crippen LogP contribution in [0.3, 0.4) is 0 Å². The monoisotopic (exact) mass is 395 g/mol. The zero-order valence-corrected chi connectivity index (χ0v) is 17.0. The summed E-state index contributed by atoms with van der Waals surface area (Å²) in [6.45, 7) is 8.04. The molecule has 8 heteroatoms. The van der Waals surface area contributed by atoms with E-state index in [0.29, 0.717) is 17.6 Å². The van der Waals surface area contributed by atoms with Gasteiger partial charge in [-0.05, 0) is 56.5 Å². The van der Waals surface area contributed by atoms with Crippen LogP contribution in [-0.4, -0.2) is 32.2 Å². The smallest absolute Gasteiger partial charge is 0.407 e. The Balaban J connectivity index is 1.68. The Labute approximate surface area is 169 Å². The standard InChI is InChI=1S/C21H25N5O3/c1-14-7-16(10-22-9-14)12-23-19(27)17-13-25-26-6-5-15(8-18(17)26)11-24-20(28)29-21(2,3)4/h5-10,13H,11-12H2,1-4H3,(H,23,27)(H,24,28). The van der Waals surface area contributed by atoms with Gasteiger partial charge in [0.05, 0.1) is 17.3 Å². The van der Waals surface area contributed by atoms with Crippen LogP contribution in [0, 0.1) is 6.92 Å². The van der Waals surface area contributed by atoms with Crippen LogP contribution in [0.5, 0.6) is 0 Å². The van der Waals surface area contributed by atoms with Crippen LogP contribution in [0.15, 0.2) is 43.0 Å². The van der Waals surface area contributed by atoms with E-state index in [9.17, 15) is 9.59 Å². The molecule has 2 amide bonds. The van der Waals surface area contributed by atoms with Crippen molar-refractivity contribution in [1.29, 1.82) is 0 Å². The molecule has 0 aromatic carbocycles. The number of pyridine rings is 2. The number of nitrogens with one attached hydrogen (secondary N) is 2. The third-order valence-electron chi connectivity index (χ3n) is 4.05. The summed E-state index contributed by atoms with van der Waals surface area (Å²) in [4.78, 5) is 28.6. The molecule has 0 aliphatic rings. The average Bonchev–Trinajstić information content (AvgIpc) is 3.06. The number of amides is 2. The Hall–Kier alpha value is -3.42. The molecule has 8 nitrogen and oxygen atoms in total. The predicted molar refractivity (Wildman–Crippen MR) is 108 cm³/mol. The first-order valence-corrected chi connectivity index (χ1v) is 9.33. The second-order valence-electron chi connectivity index (χ2n) is 7.83. The lowest BCUT2D eigenvalue weighted by Gasteiger charge is -2.19. The molecule has 0 unspecified atom stereocenters. The first-order chi connectivity index (χ1) is 13.7. The van der Waals surface area contributed by atoms with Crippen molar-refractivity contribution in [2.45, 2.75) is 46.4 Å². The topological polar surface area (TPSA) is 97.6 Å². The van der Waals surface area contributed by atoms with E-state index < -0.39 is 11.7 Å². The zero-order chi connectivity index (χ0) is 21.0. The van der Waals surface area contributed by atoms with Crippen LogP contribution >= 0.6 is 0 Å². The molecular formula is C21H25N5O3. The van der Waals surface area contributed by atoms with Gasteiger partial charge >= 0.3 is 6.09 Å². The number of aryl methyl sites for hydroxylation is 1. The van der Waals surface area contributed by atoms with Gasteiger partial charge in [0.1, 0.15) is 5.60 Å². The van der Waals surface area contributed by atoms with Gasteiger partial charge < -0.3 is 15.4 Å². The number of carbonyl (C=O) groups is 2. The molecule has 29 heavy (non-hydrogen) atoms. The van der Waals surface area contributed by atoms with E-state index in [2.05, 4.69) is 20.7 Å². The van der Waals surface area contributed by atoms with Crippen LogP contribution < -0.4 is 10.6 Å². The van der Waals surface area contributed by atoms with Crippen LogP contribution in [0.2, 0.25) is 0 Å². The van der Waals surface area contributed by atoms with Crippen molar-refractivity contribution < 1.29 is 14.3 Å². The molecule has 3 heterocycles. The third kappa shape index (κ3) is 5.54. The van der Waals surface area contributed by atoms with Gasteiger partial charge in [0, 0.05) is 31.7 Å². The molecule has 152 valence electrons. The summed E-state index contributed by atoms with van der Waals surface area (Å²) in [6.07, 6.45) is 6.29. The summed E-state index contributed by atoms with van der Waals surface area (Å²) in [5.41, 5.74) is 3.36. The van der Waals surface area contributed by atoms with Gasteiger partial charge in [-0.15, -0.1) is 0 Å². The molecule has 0 radical (unpaired) electrons. The fourth-order valence-corrected chi connectivity index (χ4v) is 2.79. The molecule has 0 aliphatic carbocycles. The molecule has 3 aromatic heterocycles. The SMILES string of the molecule is Cc1cncc(CNC(=O)c2cnn3ccc(CNC(=O)OC(C)(C)C)cc23)c1. The van der Waals surface area contributed by atoms with Gasteiger partial charge in [0.15, 0.2) is 0 Å². The maximum absolute atomic E-state index is 12.6. The van der Waals surface area contributed by atoms with E-state index in [1.807, 2.05) is 45.9 Å². The molecule has 0 saturated heterocycles. The first kappa shape index (κ1) is 20.3. The molecule has 0 fully saturated rings. The Morgan fingerprint density at radius 3 is 2.55 bits per heavy atom. The second-order valence-corrected chi connectivity index (χ2v) is 7.83. The normalized spacial score (nSPS) is 11.3. The maximum atomic E-state index is 12.6. The van der Waals surface area contributed by atoms with Gasteiger partial charge in [-0.3, -0.25) is 9.78 Å². The quantitative estimate of drug-likeness (QED) is 0.692. The number of ether oxygens (including phenoxy) is 1. The Kier molecular flexibility index (Phi) is 5.81. The van der Waals surface area contributed by atoms with E-state index in [1.54, 1.807) is 23.1 Å². The van der Waals surface area contributed by atoms with E-state index >= 15 is 0 Å². The summed E-state index contributed by atoms with van der Waals surface area (Å²) in [5, 5.41) is 9.83. The minimum absolute atomic E-state index is 0.223. The van der Waals surface area contributed by atoms with E-state index in [4.69, 9.17) is 4.74 Å². The summed E-state index contributed by atoms with van der Waals surface area (Å²) in [5.74, 6) is -0.223. The number of hydrogen-bond donors (Lipinski definition) is 2. The second kappa shape index (κ2) is 8.30. The highest BCUT2D eigenvalue weighted by atomic mass is 16.6. The number of nitrogens with zero attached hydrogens (tertiary/aromatic N) is 3. The minimum atomic E-state index is -0.558. The average molecular weight is 395 g/mol. The fourth-order valence-electron chi connectivity index (χ4n) is 2.79. The van der Waals surface area contributed by atoms with Crippen LogP contribution in [0.4, 0.5) is 4.79 Å². The number of hydrogen-bond acceptors (Lipinski definition) is 5. The largest absolute Gasteiger partial charge is 0.444 e. The lowest BCUT2D eigenvalue weighted by atomic mass is 10.2. The Bertz CT molecular complexity index is 1040. The number of rotatable bonds is 5. The molecule has 0 saturated carbocycles. The van der Waals surface area contributed by atoms with Crippen molar-refractivity contribution >= 4 is 17.5 Å². The number of aromatic nitrogens is 3.